The second-order valence-electron chi connectivity index (χ2n) is 4.53. The van der Waals surface area contributed by atoms with Crippen LogP contribution in [0.3, 0.4) is 0 Å². The molecule has 0 aliphatic carbocycles. The smallest absolute Gasteiger partial charge is 0.0961 e. The van der Waals surface area contributed by atoms with Crippen molar-refractivity contribution in [2.24, 2.45) is 0 Å². The van der Waals surface area contributed by atoms with Gasteiger partial charge in [-0.25, -0.2) is 0 Å². The lowest BCUT2D eigenvalue weighted by molar-refractivity contribution is 0.249. The molecule has 0 atom stereocenters. The highest BCUT2D eigenvalue weighted by Gasteiger charge is 2.11. The van der Waals surface area contributed by atoms with Gasteiger partial charge in [-0.15, -0.1) is 0 Å². The van der Waals surface area contributed by atoms with Gasteiger partial charge in [0.2, 0.25) is 0 Å². The lowest BCUT2D eigenvalue weighted by Gasteiger charge is -2.25. The number of benzene rings is 1. The molecule has 0 aromatic heterocycles. The standard InChI is InChI=1S/C15H18N2/c16-12-15(11-14-7-3-1-4-8-14)13-17-9-5-2-6-10-17/h1,3-4,7-8,11H,2,5-6,9-10,13H2. The zero-order chi connectivity index (χ0) is 11.9. The molecular formula is C15H18N2. The average Bonchev–Trinajstić information content (AvgIpc) is 2.40. The summed E-state index contributed by atoms with van der Waals surface area (Å²) in [6.45, 7) is 3.06. The van der Waals surface area contributed by atoms with Crippen molar-refractivity contribution in [1.29, 1.82) is 5.26 Å². The molecule has 0 saturated carbocycles. The molecule has 0 unspecified atom stereocenters. The monoisotopic (exact) mass is 226 g/mol. The average molecular weight is 226 g/mol. The van der Waals surface area contributed by atoms with Crippen LogP contribution in [-0.2, 0) is 0 Å². The highest BCUT2D eigenvalue weighted by molar-refractivity contribution is 5.57. The van der Waals surface area contributed by atoms with E-state index in [1.165, 1.54) is 19.3 Å². The van der Waals surface area contributed by atoms with Gasteiger partial charge in [0, 0.05) is 12.1 Å². The zero-order valence-electron chi connectivity index (χ0n) is 10.1. The van der Waals surface area contributed by atoms with Gasteiger partial charge in [0.25, 0.3) is 0 Å². The van der Waals surface area contributed by atoms with Crippen molar-refractivity contribution in [2.75, 3.05) is 19.6 Å². The van der Waals surface area contributed by atoms with Crippen molar-refractivity contribution in [3.63, 3.8) is 0 Å². The summed E-state index contributed by atoms with van der Waals surface area (Å²) >= 11 is 0. The number of hydrogen-bond acceptors (Lipinski definition) is 2. The minimum atomic E-state index is 0.797. The van der Waals surface area contributed by atoms with E-state index in [4.69, 9.17) is 0 Å². The van der Waals surface area contributed by atoms with Gasteiger partial charge in [0.1, 0.15) is 0 Å². The van der Waals surface area contributed by atoms with Crippen LogP contribution in [0.1, 0.15) is 24.8 Å². The molecule has 0 amide bonds. The zero-order valence-corrected chi connectivity index (χ0v) is 10.1. The maximum absolute atomic E-state index is 9.17. The van der Waals surface area contributed by atoms with E-state index in [9.17, 15) is 5.26 Å². The summed E-state index contributed by atoms with van der Waals surface area (Å²) in [6.07, 6.45) is 5.86. The van der Waals surface area contributed by atoms with Gasteiger partial charge in [-0.1, -0.05) is 36.8 Å². The van der Waals surface area contributed by atoms with Crippen LogP contribution in [0.4, 0.5) is 0 Å². The molecule has 0 N–H and O–H groups in total. The highest BCUT2D eigenvalue weighted by Crippen LogP contribution is 2.12. The van der Waals surface area contributed by atoms with Gasteiger partial charge >= 0.3 is 0 Å². The molecule has 0 spiro atoms. The van der Waals surface area contributed by atoms with Crippen molar-refractivity contribution >= 4 is 6.08 Å². The lowest BCUT2D eigenvalue weighted by Crippen LogP contribution is -2.31. The van der Waals surface area contributed by atoms with Crippen LogP contribution in [0.15, 0.2) is 35.9 Å². The molecule has 88 valence electrons. The van der Waals surface area contributed by atoms with Crippen LogP contribution in [0.5, 0.6) is 0 Å². The fourth-order valence-corrected chi connectivity index (χ4v) is 2.22. The summed E-state index contributed by atoms with van der Waals surface area (Å²) in [4.78, 5) is 2.38. The molecule has 1 heterocycles. The molecule has 2 rings (SSSR count). The van der Waals surface area contributed by atoms with Gasteiger partial charge in [0.05, 0.1) is 6.07 Å². The van der Waals surface area contributed by atoms with Crippen LogP contribution in [0.25, 0.3) is 6.08 Å². The summed E-state index contributed by atoms with van der Waals surface area (Å²) in [7, 11) is 0. The number of piperidine rings is 1. The molecular weight excluding hydrogens is 208 g/mol. The number of rotatable bonds is 3. The quantitative estimate of drug-likeness (QED) is 0.741. The summed E-state index contributed by atoms with van der Waals surface area (Å²) in [5.74, 6) is 0. The number of nitrogens with zero attached hydrogens (tertiary/aromatic N) is 2. The van der Waals surface area contributed by atoms with E-state index in [2.05, 4.69) is 11.0 Å². The van der Waals surface area contributed by atoms with E-state index in [1.807, 2.05) is 36.4 Å². The van der Waals surface area contributed by atoms with Crippen LogP contribution < -0.4 is 0 Å². The first kappa shape index (κ1) is 11.9. The Bertz CT molecular complexity index is 408. The summed E-state index contributed by atoms with van der Waals surface area (Å²) in [5, 5.41) is 9.17. The summed E-state index contributed by atoms with van der Waals surface area (Å²) < 4.78 is 0. The molecule has 0 radical (unpaired) electrons. The molecule has 1 fully saturated rings. The Balaban J connectivity index is 2.01. The number of hydrogen-bond donors (Lipinski definition) is 0. The van der Waals surface area contributed by atoms with Crippen molar-refractivity contribution in [3.05, 3.63) is 41.5 Å². The first-order valence-electron chi connectivity index (χ1n) is 6.26. The fraction of sp³-hybridized carbons (Fsp3) is 0.400. The SMILES string of the molecule is N#CC(=Cc1ccccc1)CN1CCCCC1. The van der Waals surface area contributed by atoms with Crippen LogP contribution >= 0.6 is 0 Å². The summed E-state index contributed by atoms with van der Waals surface area (Å²) in [6, 6.07) is 12.4. The first-order chi connectivity index (χ1) is 8.38. The van der Waals surface area contributed by atoms with E-state index >= 15 is 0 Å². The lowest BCUT2D eigenvalue weighted by atomic mass is 10.1. The third kappa shape index (κ3) is 3.72. The summed E-state index contributed by atoms with van der Waals surface area (Å²) in [5.41, 5.74) is 1.97. The minimum Gasteiger partial charge on any atom is -0.298 e. The normalized spacial score (nSPS) is 17.7. The first-order valence-corrected chi connectivity index (χ1v) is 6.26. The van der Waals surface area contributed by atoms with Crippen molar-refractivity contribution in [2.45, 2.75) is 19.3 Å². The molecule has 1 saturated heterocycles. The molecule has 17 heavy (non-hydrogen) atoms. The second-order valence-corrected chi connectivity index (χ2v) is 4.53. The molecule has 1 aliphatic heterocycles. The van der Waals surface area contributed by atoms with Crippen LogP contribution in [0.2, 0.25) is 0 Å². The minimum absolute atomic E-state index is 0.797. The van der Waals surface area contributed by atoms with Crippen LogP contribution in [-0.4, -0.2) is 24.5 Å². The molecule has 1 aliphatic rings. The van der Waals surface area contributed by atoms with Crippen molar-refractivity contribution in [1.82, 2.24) is 4.90 Å². The predicted octanol–water partition coefficient (Wildman–Crippen LogP) is 3.08. The van der Waals surface area contributed by atoms with E-state index in [0.29, 0.717) is 0 Å². The molecule has 2 heteroatoms. The van der Waals surface area contributed by atoms with E-state index in [0.717, 1.165) is 30.8 Å². The van der Waals surface area contributed by atoms with Gasteiger partial charge in [-0.05, 0) is 37.6 Å². The maximum atomic E-state index is 9.17. The topological polar surface area (TPSA) is 27.0 Å². The third-order valence-electron chi connectivity index (χ3n) is 3.13. The van der Waals surface area contributed by atoms with E-state index in [-0.39, 0.29) is 0 Å². The largest absolute Gasteiger partial charge is 0.298 e. The predicted molar refractivity (Wildman–Crippen MR) is 70.3 cm³/mol. The van der Waals surface area contributed by atoms with Crippen molar-refractivity contribution in [3.8, 4) is 6.07 Å². The molecule has 2 nitrogen and oxygen atoms in total. The molecule has 1 aromatic carbocycles. The highest BCUT2D eigenvalue weighted by atomic mass is 15.1. The van der Waals surface area contributed by atoms with Crippen molar-refractivity contribution < 1.29 is 0 Å². The van der Waals surface area contributed by atoms with Gasteiger partial charge in [-0.3, -0.25) is 4.90 Å². The number of likely N-dealkylation sites (tertiary alicyclic amines) is 1. The van der Waals surface area contributed by atoms with Gasteiger partial charge < -0.3 is 0 Å². The van der Waals surface area contributed by atoms with Crippen LogP contribution in [0, 0.1) is 11.3 Å². The van der Waals surface area contributed by atoms with E-state index < -0.39 is 0 Å². The maximum Gasteiger partial charge on any atom is 0.0961 e. The third-order valence-corrected chi connectivity index (χ3v) is 3.13. The second kappa shape index (κ2) is 6.22. The Kier molecular flexibility index (Phi) is 4.35. The van der Waals surface area contributed by atoms with Gasteiger partial charge in [0.15, 0.2) is 0 Å². The fourth-order valence-electron chi connectivity index (χ4n) is 2.22. The molecule has 1 aromatic rings. The number of nitriles is 1. The Labute approximate surface area is 103 Å². The Hall–Kier alpha value is -1.59. The Morgan fingerprint density at radius 2 is 1.88 bits per heavy atom. The Morgan fingerprint density at radius 1 is 1.18 bits per heavy atom. The van der Waals surface area contributed by atoms with Gasteiger partial charge in [-0.2, -0.15) is 5.26 Å². The Morgan fingerprint density at radius 3 is 2.53 bits per heavy atom. The van der Waals surface area contributed by atoms with E-state index in [1.54, 1.807) is 0 Å². The molecule has 0 bridgehead atoms.